The molecule has 100 valence electrons. The predicted octanol–water partition coefficient (Wildman–Crippen LogP) is 1.82. The van der Waals surface area contributed by atoms with Crippen molar-refractivity contribution in [3.63, 3.8) is 0 Å². The molecule has 0 aliphatic heterocycles. The van der Waals surface area contributed by atoms with Crippen molar-refractivity contribution in [3.05, 3.63) is 35.4 Å². The maximum atomic E-state index is 12.2. The van der Waals surface area contributed by atoms with Gasteiger partial charge in [-0.1, -0.05) is 0 Å². The van der Waals surface area contributed by atoms with Crippen LogP contribution in [-0.4, -0.2) is 19.8 Å². The zero-order chi connectivity index (χ0) is 13.9. The van der Waals surface area contributed by atoms with E-state index in [2.05, 4.69) is 4.74 Å². The maximum Gasteiger partial charge on any atom is 0.416 e. The van der Waals surface area contributed by atoms with Gasteiger partial charge in [0.15, 0.2) is 16.1 Å². The first-order valence-electron chi connectivity index (χ1n) is 4.73. The molecule has 0 fully saturated rings. The van der Waals surface area contributed by atoms with E-state index in [4.69, 9.17) is 0 Å². The van der Waals surface area contributed by atoms with E-state index < -0.39 is 33.8 Å². The third kappa shape index (κ3) is 3.73. The number of hydrogen-bond acceptors (Lipinski definition) is 4. The number of esters is 1. The van der Waals surface area contributed by atoms with Gasteiger partial charge in [0.05, 0.1) is 11.1 Å². The van der Waals surface area contributed by atoms with E-state index >= 15 is 0 Å². The van der Waals surface area contributed by atoms with Crippen molar-refractivity contribution in [1.82, 2.24) is 0 Å². The van der Waals surface area contributed by atoms with Gasteiger partial charge in [-0.25, -0.2) is 13.2 Å². The zero-order valence-corrected chi connectivity index (χ0v) is 10.00. The van der Waals surface area contributed by atoms with Gasteiger partial charge in [0.1, 0.15) is 0 Å². The number of ether oxygens (including phenoxy) is 1. The first-order chi connectivity index (χ1) is 8.21. The first-order valence-corrected chi connectivity index (χ1v) is 5.98. The average Bonchev–Trinajstić information content (AvgIpc) is 2.27. The normalized spacial score (nSPS) is 13.4. The zero-order valence-electron chi connectivity index (χ0n) is 9.10. The molecule has 1 rings (SSSR count). The average molecular weight is 282 g/mol. The fourth-order valence-corrected chi connectivity index (χ4v) is 1.24. The Morgan fingerprint density at radius 3 is 2.11 bits per heavy atom. The van der Waals surface area contributed by atoms with Crippen LogP contribution in [-0.2, 0) is 21.6 Å². The molecule has 0 N–H and O–H groups in total. The second-order valence-electron chi connectivity index (χ2n) is 3.37. The molecule has 0 aromatic heterocycles. The van der Waals surface area contributed by atoms with E-state index in [1.807, 2.05) is 0 Å². The Balaban J connectivity index is 2.83. The predicted molar refractivity (Wildman–Crippen MR) is 56.6 cm³/mol. The molecule has 1 aromatic rings. The smallest absolute Gasteiger partial charge is 0.416 e. The topological polar surface area (TPSA) is 60.4 Å². The number of carbonyl (C=O) groups excluding carboxylic acids is 1. The number of halogens is 3. The summed E-state index contributed by atoms with van der Waals surface area (Å²) in [4.78, 5) is 11.3. The van der Waals surface area contributed by atoms with E-state index in [0.717, 1.165) is 31.2 Å². The van der Waals surface area contributed by atoms with Crippen LogP contribution in [0.3, 0.4) is 0 Å². The number of carbonyl (C=O) groups is 1. The standard InChI is InChI=1S/C10H9F3O4S/c1-6(18(15)16)17-9(14)7-2-4-8(5-3-7)10(11,12)13/h2-6,18H,1H3. The molecule has 0 bridgehead atoms. The highest BCUT2D eigenvalue weighted by molar-refractivity contribution is 7.72. The van der Waals surface area contributed by atoms with Crippen molar-refractivity contribution in [2.45, 2.75) is 18.5 Å². The molecule has 4 nitrogen and oxygen atoms in total. The molecule has 0 spiro atoms. The molecule has 0 aliphatic carbocycles. The summed E-state index contributed by atoms with van der Waals surface area (Å²) in [6, 6.07) is 3.29. The van der Waals surface area contributed by atoms with E-state index in [1.165, 1.54) is 0 Å². The third-order valence-corrected chi connectivity index (χ3v) is 2.72. The highest BCUT2D eigenvalue weighted by Crippen LogP contribution is 2.29. The number of benzene rings is 1. The second-order valence-corrected chi connectivity index (χ2v) is 4.66. The van der Waals surface area contributed by atoms with Crippen LogP contribution in [0.1, 0.15) is 22.8 Å². The van der Waals surface area contributed by atoms with Crippen LogP contribution in [0.25, 0.3) is 0 Å². The molecule has 0 amide bonds. The van der Waals surface area contributed by atoms with Gasteiger partial charge < -0.3 is 4.74 Å². The Morgan fingerprint density at radius 1 is 1.22 bits per heavy atom. The van der Waals surface area contributed by atoms with Crippen LogP contribution in [0.4, 0.5) is 13.2 Å². The van der Waals surface area contributed by atoms with Crippen LogP contribution in [0.2, 0.25) is 0 Å². The lowest BCUT2D eigenvalue weighted by molar-refractivity contribution is -0.137. The SMILES string of the molecule is CC(OC(=O)c1ccc(C(F)(F)F)cc1)[SH](=O)=O. The molecular formula is C10H9F3O4S. The van der Waals surface area contributed by atoms with Gasteiger partial charge in [-0.2, -0.15) is 13.2 Å². The van der Waals surface area contributed by atoms with Crippen molar-refractivity contribution in [2.75, 3.05) is 0 Å². The lowest BCUT2D eigenvalue weighted by atomic mass is 10.1. The second kappa shape index (κ2) is 5.38. The quantitative estimate of drug-likeness (QED) is 0.678. The largest absolute Gasteiger partial charge is 0.443 e. The summed E-state index contributed by atoms with van der Waals surface area (Å²) >= 11 is 0. The lowest BCUT2D eigenvalue weighted by Crippen LogP contribution is -2.16. The molecule has 0 heterocycles. The molecular weight excluding hydrogens is 273 g/mol. The van der Waals surface area contributed by atoms with Gasteiger partial charge in [0, 0.05) is 0 Å². The Hall–Kier alpha value is -1.57. The minimum absolute atomic E-state index is 0.147. The van der Waals surface area contributed by atoms with E-state index in [1.54, 1.807) is 0 Å². The molecule has 18 heavy (non-hydrogen) atoms. The first kappa shape index (κ1) is 14.5. The molecule has 0 aliphatic rings. The Bertz CT molecular complexity index is 497. The van der Waals surface area contributed by atoms with Crippen molar-refractivity contribution in [2.24, 2.45) is 0 Å². The minimum atomic E-state index is -4.49. The highest BCUT2D eigenvalue weighted by atomic mass is 32.2. The molecule has 8 heteroatoms. The summed E-state index contributed by atoms with van der Waals surface area (Å²) < 4.78 is 62.2. The molecule has 0 saturated heterocycles. The summed E-state index contributed by atoms with van der Waals surface area (Å²) in [6.45, 7) is 1.15. The molecule has 0 radical (unpaired) electrons. The van der Waals surface area contributed by atoms with Crippen molar-refractivity contribution < 1.29 is 31.1 Å². The van der Waals surface area contributed by atoms with Crippen molar-refractivity contribution in [3.8, 4) is 0 Å². The van der Waals surface area contributed by atoms with E-state index in [0.29, 0.717) is 0 Å². The molecule has 0 saturated carbocycles. The maximum absolute atomic E-state index is 12.2. The van der Waals surface area contributed by atoms with Gasteiger partial charge in [0.2, 0.25) is 0 Å². The van der Waals surface area contributed by atoms with Crippen LogP contribution in [0.5, 0.6) is 0 Å². The van der Waals surface area contributed by atoms with Crippen molar-refractivity contribution >= 4 is 16.7 Å². The summed E-state index contributed by atoms with van der Waals surface area (Å²) in [7, 11) is -2.93. The van der Waals surface area contributed by atoms with Crippen molar-refractivity contribution in [1.29, 1.82) is 0 Å². The molecule has 1 unspecified atom stereocenters. The van der Waals surface area contributed by atoms with Gasteiger partial charge in [-0.05, 0) is 31.2 Å². The summed E-state index contributed by atoms with van der Waals surface area (Å²) in [5.74, 6) is -0.990. The third-order valence-electron chi connectivity index (χ3n) is 2.02. The van der Waals surface area contributed by atoms with Gasteiger partial charge in [0.25, 0.3) is 0 Å². The van der Waals surface area contributed by atoms with Gasteiger partial charge in [-0.3, -0.25) is 0 Å². The van der Waals surface area contributed by atoms with Gasteiger partial charge >= 0.3 is 12.1 Å². The minimum Gasteiger partial charge on any atom is -0.443 e. The summed E-state index contributed by atoms with van der Waals surface area (Å²) in [5, 5.41) is 0. The lowest BCUT2D eigenvalue weighted by Gasteiger charge is -2.09. The molecule has 1 aromatic carbocycles. The van der Waals surface area contributed by atoms with Crippen LogP contribution in [0.15, 0.2) is 24.3 Å². The Morgan fingerprint density at radius 2 is 1.72 bits per heavy atom. The fraction of sp³-hybridized carbons (Fsp3) is 0.300. The van der Waals surface area contributed by atoms with Crippen LogP contribution >= 0.6 is 0 Å². The fourth-order valence-electron chi connectivity index (χ4n) is 1.06. The number of thiol groups is 1. The Kier molecular flexibility index (Phi) is 4.33. The number of hydrogen-bond donors (Lipinski definition) is 1. The monoisotopic (exact) mass is 282 g/mol. The van der Waals surface area contributed by atoms with Gasteiger partial charge in [-0.15, -0.1) is 0 Å². The Labute approximate surface area is 102 Å². The summed E-state index contributed by atoms with van der Waals surface area (Å²) in [6.07, 6.45) is -4.49. The highest BCUT2D eigenvalue weighted by Gasteiger charge is 2.30. The van der Waals surface area contributed by atoms with Crippen LogP contribution in [0, 0.1) is 0 Å². The van der Waals surface area contributed by atoms with E-state index in [-0.39, 0.29) is 5.56 Å². The van der Waals surface area contributed by atoms with E-state index in [9.17, 15) is 26.4 Å². The number of rotatable bonds is 3. The summed E-state index contributed by atoms with van der Waals surface area (Å²) in [5.41, 5.74) is -2.37. The number of alkyl halides is 3. The van der Waals surface area contributed by atoms with Crippen LogP contribution < -0.4 is 0 Å². The molecule has 1 atom stereocenters.